The van der Waals surface area contributed by atoms with Crippen molar-refractivity contribution in [3.63, 3.8) is 0 Å². The lowest BCUT2D eigenvalue weighted by atomic mass is 9.85. The number of likely N-dealkylation sites (tertiary alicyclic amines) is 1. The van der Waals surface area contributed by atoms with Crippen LogP contribution in [0.5, 0.6) is 0 Å². The molecule has 28 heavy (non-hydrogen) atoms. The van der Waals surface area contributed by atoms with Gasteiger partial charge in [0, 0.05) is 19.2 Å². The number of hydrogen-bond acceptors (Lipinski definition) is 3. The summed E-state index contributed by atoms with van der Waals surface area (Å²) in [5, 5.41) is 0. The molecule has 1 saturated carbocycles. The van der Waals surface area contributed by atoms with E-state index in [0.29, 0.717) is 5.69 Å². The second-order valence-electron chi connectivity index (χ2n) is 8.33. The molecular formula is C23H24N2O3. The quantitative estimate of drug-likeness (QED) is 0.463. The molecule has 2 aliphatic heterocycles. The number of fused-ring (bicyclic) bond motifs is 5. The Labute approximate surface area is 164 Å². The molecule has 1 aromatic rings. The summed E-state index contributed by atoms with van der Waals surface area (Å²) < 4.78 is 0. The van der Waals surface area contributed by atoms with Crippen LogP contribution in [0.2, 0.25) is 0 Å². The third kappa shape index (κ3) is 2.72. The van der Waals surface area contributed by atoms with E-state index >= 15 is 0 Å². The maximum absolute atomic E-state index is 13.0. The Morgan fingerprint density at radius 2 is 1.64 bits per heavy atom. The summed E-state index contributed by atoms with van der Waals surface area (Å²) in [6.07, 6.45) is 11.8. The number of nitrogens with zero attached hydrogens (tertiary/aromatic N) is 2. The van der Waals surface area contributed by atoms with Gasteiger partial charge in [0.15, 0.2) is 0 Å². The van der Waals surface area contributed by atoms with Gasteiger partial charge in [-0.2, -0.15) is 0 Å². The third-order valence-corrected chi connectivity index (χ3v) is 6.68. The lowest BCUT2D eigenvalue weighted by molar-refractivity contribution is -0.127. The molecule has 2 aliphatic carbocycles. The first-order valence-corrected chi connectivity index (χ1v) is 10.3. The monoisotopic (exact) mass is 376 g/mol. The minimum absolute atomic E-state index is 0.0237. The van der Waals surface area contributed by atoms with Gasteiger partial charge in [-0.1, -0.05) is 24.3 Å². The van der Waals surface area contributed by atoms with Crippen LogP contribution in [0.25, 0.3) is 6.08 Å². The molecule has 4 atom stereocenters. The van der Waals surface area contributed by atoms with Gasteiger partial charge in [0.2, 0.25) is 17.7 Å². The van der Waals surface area contributed by atoms with Gasteiger partial charge in [0.05, 0.1) is 17.5 Å². The molecule has 1 aromatic carbocycles. The molecule has 0 N–H and O–H groups in total. The van der Waals surface area contributed by atoms with Crippen molar-refractivity contribution in [3.8, 4) is 0 Å². The Hall–Kier alpha value is -2.69. The Balaban J connectivity index is 1.35. The van der Waals surface area contributed by atoms with E-state index in [1.165, 1.54) is 11.3 Å². The third-order valence-electron chi connectivity index (χ3n) is 6.68. The molecule has 3 fully saturated rings. The fourth-order valence-electron chi connectivity index (χ4n) is 5.31. The summed E-state index contributed by atoms with van der Waals surface area (Å²) in [5.41, 5.74) is 1.43. The molecule has 0 radical (unpaired) electrons. The summed E-state index contributed by atoms with van der Waals surface area (Å²) in [4.78, 5) is 41.5. The number of allylic oxidation sites excluding steroid dienone is 2. The highest BCUT2D eigenvalue weighted by Gasteiger charge is 2.59. The second-order valence-corrected chi connectivity index (χ2v) is 8.33. The number of imide groups is 1. The van der Waals surface area contributed by atoms with Gasteiger partial charge in [0.1, 0.15) is 0 Å². The Morgan fingerprint density at radius 3 is 2.32 bits per heavy atom. The summed E-state index contributed by atoms with van der Waals surface area (Å²) in [5.74, 6) is -0.0847. The fourth-order valence-corrected chi connectivity index (χ4v) is 5.31. The lowest BCUT2D eigenvalue weighted by Crippen LogP contribution is -2.34. The smallest absolute Gasteiger partial charge is 0.246 e. The normalized spacial score (nSPS) is 31.3. The van der Waals surface area contributed by atoms with Gasteiger partial charge in [-0.15, -0.1) is 0 Å². The molecule has 0 spiro atoms. The summed E-state index contributed by atoms with van der Waals surface area (Å²) in [7, 11) is 0. The maximum atomic E-state index is 13.0. The summed E-state index contributed by atoms with van der Waals surface area (Å²) in [6.45, 7) is 1.64. The van der Waals surface area contributed by atoms with Crippen LogP contribution < -0.4 is 4.90 Å². The second kappa shape index (κ2) is 6.73. The average molecular weight is 376 g/mol. The molecule has 5 nitrogen and oxygen atoms in total. The standard InChI is InChI=1S/C23H24N2O3/c26-19(24-11-2-1-3-12-24)10-7-15-5-4-6-18(13-15)25-22(27)20-16-8-9-17(14-16)21(20)23(25)28/h4-10,13,16-17,20-21H,1-3,11-12,14H2/b10-7+/t16-,17-,20-,21+/m0/s1. The molecule has 2 bridgehead atoms. The number of piperidine rings is 1. The van der Waals surface area contributed by atoms with Crippen molar-refractivity contribution in [2.75, 3.05) is 18.0 Å². The highest BCUT2D eigenvalue weighted by molar-refractivity contribution is 6.22. The summed E-state index contributed by atoms with van der Waals surface area (Å²) in [6, 6.07) is 7.35. The molecule has 2 heterocycles. The van der Waals surface area contributed by atoms with Crippen LogP contribution in [0, 0.1) is 23.7 Å². The van der Waals surface area contributed by atoms with E-state index in [0.717, 1.165) is 37.9 Å². The van der Waals surface area contributed by atoms with Crippen LogP contribution in [0.15, 0.2) is 42.5 Å². The van der Waals surface area contributed by atoms with Gasteiger partial charge >= 0.3 is 0 Å². The minimum atomic E-state index is -0.192. The van der Waals surface area contributed by atoms with E-state index in [9.17, 15) is 14.4 Å². The Morgan fingerprint density at radius 1 is 0.964 bits per heavy atom. The number of carbonyl (C=O) groups is 3. The molecule has 0 unspecified atom stereocenters. The molecule has 0 aromatic heterocycles. The first-order chi connectivity index (χ1) is 13.6. The predicted octanol–water partition coefficient (Wildman–Crippen LogP) is 3.02. The van der Waals surface area contributed by atoms with E-state index in [4.69, 9.17) is 0 Å². The van der Waals surface area contributed by atoms with Crippen LogP contribution >= 0.6 is 0 Å². The molecule has 3 amide bonds. The van der Waals surface area contributed by atoms with Gasteiger partial charge in [0.25, 0.3) is 0 Å². The molecule has 2 saturated heterocycles. The summed E-state index contributed by atoms with van der Waals surface area (Å²) >= 11 is 0. The van der Waals surface area contributed by atoms with Gasteiger partial charge in [-0.25, -0.2) is 4.90 Å². The van der Waals surface area contributed by atoms with Crippen LogP contribution in [-0.2, 0) is 14.4 Å². The molecule has 144 valence electrons. The maximum Gasteiger partial charge on any atom is 0.246 e. The zero-order chi connectivity index (χ0) is 19.3. The lowest BCUT2D eigenvalue weighted by Gasteiger charge is -2.25. The van der Waals surface area contributed by atoms with E-state index in [2.05, 4.69) is 12.2 Å². The van der Waals surface area contributed by atoms with Gasteiger partial charge in [-0.05, 0) is 61.3 Å². The molecule has 5 heteroatoms. The highest BCUT2D eigenvalue weighted by atomic mass is 16.2. The van der Waals surface area contributed by atoms with Crippen molar-refractivity contribution in [2.45, 2.75) is 25.7 Å². The van der Waals surface area contributed by atoms with E-state index < -0.39 is 0 Å². The van der Waals surface area contributed by atoms with Crippen molar-refractivity contribution in [3.05, 3.63) is 48.1 Å². The number of amides is 3. The number of carbonyl (C=O) groups excluding carboxylic acids is 3. The van der Waals surface area contributed by atoms with Crippen molar-refractivity contribution >= 4 is 29.5 Å². The van der Waals surface area contributed by atoms with E-state index in [1.54, 1.807) is 18.2 Å². The molecule has 5 rings (SSSR count). The topological polar surface area (TPSA) is 57.7 Å². The number of hydrogen-bond donors (Lipinski definition) is 0. The minimum Gasteiger partial charge on any atom is -0.339 e. The van der Waals surface area contributed by atoms with Crippen molar-refractivity contribution in [1.29, 1.82) is 0 Å². The number of anilines is 1. The average Bonchev–Trinajstić information content (AvgIpc) is 3.41. The van der Waals surface area contributed by atoms with Crippen molar-refractivity contribution in [2.24, 2.45) is 23.7 Å². The largest absolute Gasteiger partial charge is 0.339 e. The fraction of sp³-hybridized carbons (Fsp3) is 0.435. The Bertz CT molecular complexity index is 867. The Kier molecular flexibility index (Phi) is 4.18. The van der Waals surface area contributed by atoms with Gasteiger partial charge in [-0.3, -0.25) is 14.4 Å². The van der Waals surface area contributed by atoms with Crippen molar-refractivity contribution < 1.29 is 14.4 Å². The van der Waals surface area contributed by atoms with Crippen molar-refractivity contribution in [1.82, 2.24) is 4.90 Å². The van der Waals surface area contributed by atoms with Crippen LogP contribution in [0.4, 0.5) is 5.69 Å². The predicted molar refractivity (Wildman–Crippen MR) is 106 cm³/mol. The SMILES string of the molecule is O=C(/C=C/c1cccc(N2C(=O)[C@@H]3[C@H](C2=O)[C@H]2C=C[C@H]3C2)c1)N1CCCCC1. The van der Waals surface area contributed by atoms with Crippen LogP contribution in [-0.4, -0.2) is 35.7 Å². The number of rotatable bonds is 3. The number of benzene rings is 1. The first-order valence-electron chi connectivity index (χ1n) is 10.3. The highest BCUT2D eigenvalue weighted by Crippen LogP contribution is 2.53. The van der Waals surface area contributed by atoms with Crippen LogP contribution in [0.3, 0.4) is 0 Å². The first kappa shape index (κ1) is 17.4. The molecular weight excluding hydrogens is 352 g/mol. The molecule has 4 aliphatic rings. The zero-order valence-corrected chi connectivity index (χ0v) is 15.8. The van der Waals surface area contributed by atoms with Gasteiger partial charge < -0.3 is 4.90 Å². The zero-order valence-electron chi connectivity index (χ0n) is 15.8. The van der Waals surface area contributed by atoms with E-state index in [-0.39, 0.29) is 41.4 Å². The van der Waals surface area contributed by atoms with Crippen LogP contribution in [0.1, 0.15) is 31.2 Å². The van der Waals surface area contributed by atoms with E-state index in [1.807, 2.05) is 23.1 Å².